The van der Waals surface area contributed by atoms with Gasteiger partial charge in [-0.3, -0.25) is 14.4 Å². The minimum Gasteiger partial charge on any atom is -0.462 e. The van der Waals surface area contributed by atoms with Crippen molar-refractivity contribution >= 4 is 17.9 Å². The van der Waals surface area contributed by atoms with Crippen LogP contribution >= 0.6 is 0 Å². The van der Waals surface area contributed by atoms with Crippen LogP contribution in [0.5, 0.6) is 0 Å². The Morgan fingerprint density at radius 3 is 0.860 bits per heavy atom. The Morgan fingerprint density at radius 2 is 0.579 bits per heavy atom. The Kier molecular flexibility index (Phi) is 42.7. The van der Waals surface area contributed by atoms with Crippen LogP contribution in [-0.2, 0) is 28.6 Å². The van der Waals surface area contributed by atoms with Gasteiger partial charge in [-0.05, 0) is 31.1 Å². The summed E-state index contributed by atoms with van der Waals surface area (Å²) < 4.78 is 16.7. The van der Waals surface area contributed by atoms with Crippen LogP contribution in [0.25, 0.3) is 0 Å². The standard InChI is InChI=1S/C51H98O6/c1-6-7-8-9-10-11-21-27-33-38-43-51(54)57-48(45-56-50(53)42-37-32-28-23-25-30-35-40-47(4)5)44-55-49(52)41-36-31-26-22-19-17-15-13-12-14-16-18-20-24-29-34-39-46(2)3/h46-48H,6-45H2,1-5H3/t48-/m1/s1. The van der Waals surface area contributed by atoms with Gasteiger partial charge in [-0.15, -0.1) is 0 Å². The molecule has 0 unspecified atom stereocenters. The first-order valence-electron chi connectivity index (χ1n) is 25.2. The van der Waals surface area contributed by atoms with E-state index in [4.69, 9.17) is 14.2 Å². The largest absolute Gasteiger partial charge is 0.462 e. The fraction of sp³-hybridized carbons (Fsp3) is 0.941. The van der Waals surface area contributed by atoms with Gasteiger partial charge in [-0.2, -0.15) is 0 Å². The second kappa shape index (κ2) is 44.0. The molecule has 0 aromatic heterocycles. The first-order valence-corrected chi connectivity index (χ1v) is 25.2. The number of rotatable bonds is 45. The molecule has 0 heterocycles. The third-order valence-corrected chi connectivity index (χ3v) is 11.5. The molecule has 0 bridgehead atoms. The highest BCUT2D eigenvalue weighted by atomic mass is 16.6. The normalized spacial score (nSPS) is 12.1. The second-order valence-electron chi connectivity index (χ2n) is 18.4. The topological polar surface area (TPSA) is 78.9 Å². The molecule has 0 rings (SSSR count). The molecule has 0 aromatic carbocycles. The van der Waals surface area contributed by atoms with Gasteiger partial charge in [0, 0.05) is 19.3 Å². The zero-order chi connectivity index (χ0) is 41.9. The minimum atomic E-state index is -0.760. The molecule has 0 amide bonds. The maximum absolute atomic E-state index is 12.7. The van der Waals surface area contributed by atoms with Gasteiger partial charge in [-0.25, -0.2) is 0 Å². The minimum absolute atomic E-state index is 0.0643. The van der Waals surface area contributed by atoms with Gasteiger partial charge in [0.25, 0.3) is 0 Å². The van der Waals surface area contributed by atoms with Crippen molar-refractivity contribution in [3.63, 3.8) is 0 Å². The van der Waals surface area contributed by atoms with Crippen LogP contribution in [0.4, 0.5) is 0 Å². The quantitative estimate of drug-likeness (QED) is 0.0346. The van der Waals surface area contributed by atoms with E-state index in [9.17, 15) is 14.4 Å². The van der Waals surface area contributed by atoms with Gasteiger partial charge >= 0.3 is 17.9 Å². The number of hydrogen-bond acceptors (Lipinski definition) is 6. The number of carbonyl (C=O) groups excluding carboxylic acids is 3. The molecule has 338 valence electrons. The van der Waals surface area contributed by atoms with Crippen molar-refractivity contribution in [2.24, 2.45) is 11.8 Å². The maximum atomic E-state index is 12.7. The van der Waals surface area contributed by atoms with Crippen molar-refractivity contribution in [2.75, 3.05) is 13.2 Å². The fourth-order valence-electron chi connectivity index (χ4n) is 7.64. The van der Waals surface area contributed by atoms with Crippen molar-refractivity contribution in [2.45, 2.75) is 285 Å². The number of ether oxygens (including phenoxy) is 3. The molecule has 57 heavy (non-hydrogen) atoms. The van der Waals surface area contributed by atoms with E-state index in [1.54, 1.807) is 0 Å². The van der Waals surface area contributed by atoms with E-state index in [2.05, 4.69) is 34.6 Å². The van der Waals surface area contributed by atoms with Gasteiger partial charge in [0.1, 0.15) is 13.2 Å². The molecule has 0 N–H and O–H groups in total. The monoisotopic (exact) mass is 807 g/mol. The molecule has 0 radical (unpaired) electrons. The van der Waals surface area contributed by atoms with Crippen molar-refractivity contribution in [1.82, 2.24) is 0 Å². The number of esters is 3. The highest BCUT2D eigenvalue weighted by Gasteiger charge is 2.19. The molecule has 0 saturated carbocycles. The van der Waals surface area contributed by atoms with E-state index in [0.29, 0.717) is 19.3 Å². The Morgan fingerprint density at radius 1 is 0.333 bits per heavy atom. The molecule has 6 nitrogen and oxygen atoms in total. The molecule has 0 aliphatic heterocycles. The lowest BCUT2D eigenvalue weighted by Gasteiger charge is -2.18. The zero-order valence-electron chi connectivity index (χ0n) is 39.0. The summed E-state index contributed by atoms with van der Waals surface area (Å²) in [5, 5.41) is 0. The summed E-state index contributed by atoms with van der Waals surface area (Å²) in [7, 11) is 0. The average molecular weight is 807 g/mol. The summed E-state index contributed by atoms with van der Waals surface area (Å²) in [6.07, 6.45) is 43.9. The van der Waals surface area contributed by atoms with Gasteiger partial charge < -0.3 is 14.2 Å². The van der Waals surface area contributed by atoms with Gasteiger partial charge in [0.2, 0.25) is 0 Å². The second-order valence-corrected chi connectivity index (χ2v) is 18.4. The van der Waals surface area contributed by atoms with Crippen molar-refractivity contribution in [3.8, 4) is 0 Å². The predicted molar refractivity (Wildman–Crippen MR) is 243 cm³/mol. The molecule has 6 heteroatoms. The van der Waals surface area contributed by atoms with E-state index in [0.717, 1.165) is 69.6 Å². The van der Waals surface area contributed by atoms with Crippen LogP contribution in [0.2, 0.25) is 0 Å². The molecule has 0 fully saturated rings. The first kappa shape index (κ1) is 55.4. The highest BCUT2D eigenvalue weighted by molar-refractivity contribution is 5.71. The number of carbonyl (C=O) groups is 3. The molecule has 1 atom stereocenters. The van der Waals surface area contributed by atoms with Crippen molar-refractivity contribution in [1.29, 1.82) is 0 Å². The number of unbranched alkanes of at least 4 members (excludes halogenated alkanes) is 30. The third kappa shape index (κ3) is 45.3. The van der Waals surface area contributed by atoms with Gasteiger partial charge in [-0.1, -0.05) is 240 Å². The van der Waals surface area contributed by atoms with E-state index < -0.39 is 6.10 Å². The van der Waals surface area contributed by atoms with Crippen LogP contribution in [0, 0.1) is 11.8 Å². The summed E-state index contributed by atoms with van der Waals surface area (Å²) in [5.74, 6) is 0.780. The molecular weight excluding hydrogens is 709 g/mol. The molecular formula is C51H98O6. The summed E-state index contributed by atoms with van der Waals surface area (Å²) in [5.41, 5.74) is 0. The Bertz CT molecular complexity index is 870. The summed E-state index contributed by atoms with van der Waals surface area (Å²) >= 11 is 0. The Labute approximate surface area is 355 Å². The lowest BCUT2D eigenvalue weighted by atomic mass is 10.0. The third-order valence-electron chi connectivity index (χ3n) is 11.5. The molecule has 0 aliphatic rings. The fourth-order valence-corrected chi connectivity index (χ4v) is 7.64. The SMILES string of the molecule is CCCCCCCCCCCCC(=O)O[C@H](COC(=O)CCCCCCCCCCCCCCCCCCC(C)C)COC(=O)CCCCCCCCCC(C)C. The molecule has 0 aromatic rings. The Hall–Kier alpha value is -1.59. The van der Waals surface area contributed by atoms with Crippen LogP contribution in [0.1, 0.15) is 279 Å². The van der Waals surface area contributed by atoms with Gasteiger partial charge in [0.15, 0.2) is 6.10 Å². The van der Waals surface area contributed by atoms with Crippen molar-refractivity contribution in [3.05, 3.63) is 0 Å². The van der Waals surface area contributed by atoms with Crippen LogP contribution in [0.3, 0.4) is 0 Å². The lowest BCUT2D eigenvalue weighted by molar-refractivity contribution is -0.167. The molecule has 0 spiro atoms. The summed E-state index contributed by atoms with van der Waals surface area (Å²) in [6, 6.07) is 0. The number of hydrogen-bond donors (Lipinski definition) is 0. The summed E-state index contributed by atoms with van der Waals surface area (Å²) in [4.78, 5) is 37.8. The average Bonchev–Trinajstić information content (AvgIpc) is 3.18. The lowest BCUT2D eigenvalue weighted by Crippen LogP contribution is -2.30. The van der Waals surface area contributed by atoms with Crippen LogP contribution < -0.4 is 0 Å². The van der Waals surface area contributed by atoms with E-state index in [1.807, 2.05) is 0 Å². The van der Waals surface area contributed by atoms with Crippen LogP contribution in [-0.4, -0.2) is 37.2 Å². The van der Waals surface area contributed by atoms with E-state index in [1.165, 1.54) is 167 Å². The van der Waals surface area contributed by atoms with Crippen LogP contribution in [0.15, 0.2) is 0 Å². The molecule has 0 saturated heterocycles. The first-order chi connectivity index (χ1) is 27.7. The molecule has 0 aliphatic carbocycles. The smallest absolute Gasteiger partial charge is 0.306 e. The van der Waals surface area contributed by atoms with Crippen molar-refractivity contribution < 1.29 is 28.6 Å². The summed E-state index contributed by atoms with van der Waals surface area (Å²) in [6.45, 7) is 11.3. The van der Waals surface area contributed by atoms with E-state index >= 15 is 0 Å². The Balaban J connectivity index is 4.21. The maximum Gasteiger partial charge on any atom is 0.306 e. The van der Waals surface area contributed by atoms with E-state index in [-0.39, 0.29) is 31.1 Å². The predicted octanol–water partition coefficient (Wildman–Crippen LogP) is 16.1. The van der Waals surface area contributed by atoms with Gasteiger partial charge in [0.05, 0.1) is 0 Å². The highest BCUT2D eigenvalue weighted by Crippen LogP contribution is 2.17. The zero-order valence-corrected chi connectivity index (χ0v) is 39.0.